The van der Waals surface area contributed by atoms with Crippen molar-refractivity contribution in [2.45, 2.75) is 13.3 Å². The number of rotatable bonds is 3. The Balaban J connectivity index is 2.75. The lowest BCUT2D eigenvalue weighted by Gasteiger charge is -2.05. The maximum absolute atomic E-state index is 11.0. The molecule has 0 spiro atoms. The van der Waals surface area contributed by atoms with E-state index in [-0.39, 0.29) is 5.56 Å². The first-order valence-corrected chi connectivity index (χ1v) is 4.14. The molecule has 0 unspecified atom stereocenters. The number of nitrogens with one attached hydrogen (secondary N) is 1. The number of aromatic nitrogens is 1. The highest BCUT2D eigenvalue weighted by Gasteiger charge is 1.92. The van der Waals surface area contributed by atoms with E-state index in [2.05, 4.69) is 12.2 Å². The summed E-state index contributed by atoms with van der Waals surface area (Å²) in [4.78, 5) is 11.0. The minimum Gasteiger partial charge on any atom is -0.384 e. The molecule has 3 nitrogen and oxygen atoms in total. The number of anilines is 1. The molecule has 0 saturated heterocycles. The monoisotopic (exact) mass is 166 g/mol. The molecule has 0 aliphatic rings. The summed E-state index contributed by atoms with van der Waals surface area (Å²) >= 11 is 0. The zero-order valence-electron chi connectivity index (χ0n) is 7.50. The second-order valence-corrected chi connectivity index (χ2v) is 2.79. The average molecular weight is 166 g/mol. The van der Waals surface area contributed by atoms with Crippen molar-refractivity contribution in [3.8, 4) is 0 Å². The van der Waals surface area contributed by atoms with Gasteiger partial charge in [-0.25, -0.2) is 0 Å². The van der Waals surface area contributed by atoms with Crippen molar-refractivity contribution in [2.24, 2.45) is 7.05 Å². The molecule has 1 aromatic rings. The van der Waals surface area contributed by atoms with Crippen molar-refractivity contribution in [3.63, 3.8) is 0 Å². The van der Waals surface area contributed by atoms with Crippen molar-refractivity contribution in [1.82, 2.24) is 4.57 Å². The first-order chi connectivity index (χ1) is 5.74. The van der Waals surface area contributed by atoms with Crippen LogP contribution in [0.2, 0.25) is 0 Å². The van der Waals surface area contributed by atoms with Crippen LogP contribution in [0, 0.1) is 0 Å². The predicted molar refractivity (Wildman–Crippen MR) is 50.5 cm³/mol. The number of nitrogens with zero attached hydrogens (tertiary/aromatic N) is 1. The Morgan fingerprint density at radius 1 is 1.50 bits per heavy atom. The van der Waals surface area contributed by atoms with Crippen LogP contribution in [0.15, 0.2) is 23.1 Å². The number of aryl methyl sites for hydroxylation is 1. The van der Waals surface area contributed by atoms with E-state index in [4.69, 9.17) is 0 Å². The Morgan fingerprint density at radius 3 is 2.83 bits per heavy atom. The largest absolute Gasteiger partial charge is 0.384 e. The molecule has 0 aromatic carbocycles. The van der Waals surface area contributed by atoms with Crippen LogP contribution in [-0.4, -0.2) is 11.1 Å². The first kappa shape index (κ1) is 8.84. The van der Waals surface area contributed by atoms with Crippen molar-refractivity contribution in [1.29, 1.82) is 0 Å². The number of hydrogen-bond donors (Lipinski definition) is 1. The van der Waals surface area contributed by atoms with E-state index >= 15 is 0 Å². The van der Waals surface area contributed by atoms with Gasteiger partial charge in [-0.2, -0.15) is 0 Å². The fraction of sp³-hybridized carbons (Fsp3) is 0.444. The lowest BCUT2D eigenvalue weighted by atomic mass is 10.4. The summed E-state index contributed by atoms with van der Waals surface area (Å²) in [5.41, 5.74) is 1.02. The lowest BCUT2D eigenvalue weighted by molar-refractivity contribution is 0.857. The van der Waals surface area contributed by atoms with Crippen LogP contribution < -0.4 is 10.9 Å². The van der Waals surface area contributed by atoms with Crippen LogP contribution in [0.3, 0.4) is 0 Å². The highest BCUT2D eigenvalue weighted by atomic mass is 16.1. The van der Waals surface area contributed by atoms with Gasteiger partial charge in [0.15, 0.2) is 0 Å². The summed E-state index contributed by atoms with van der Waals surface area (Å²) in [6.07, 6.45) is 2.89. The number of hydrogen-bond acceptors (Lipinski definition) is 2. The molecule has 0 amide bonds. The maximum atomic E-state index is 11.0. The summed E-state index contributed by atoms with van der Waals surface area (Å²) in [5, 5.41) is 3.20. The number of pyridine rings is 1. The van der Waals surface area contributed by atoms with Crippen LogP contribution in [-0.2, 0) is 7.05 Å². The molecule has 0 saturated carbocycles. The van der Waals surface area contributed by atoms with Gasteiger partial charge in [-0.1, -0.05) is 6.92 Å². The molecule has 3 heteroatoms. The molecule has 66 valence electrons. The normalized spacial score (nSPS) is 9.83. The smallest absolute Gasteiger partial charge is 0.250 e. The summed E-state index contributed by atoms with van der Waals surface area (Å²) in [6, 6.07) is 3.37. The van der Waals surface area contributed by atoms with Gasteiger partial charge in [-0.05, 0) is 12.5 Å². The Hall–Kier alpha value is -1.25. The highest BCUT2D eigenvalue weighted by Crippen LogP contribution is 2.01. The summed E-state index contributed by atoms with van der Waals surface area (Å²) in [7, 11) is 1.75. The van der Waals surface area contributed by atoms with Gasteiger partial charge in [-0.15, -0.1) is 0 Å². The quantitative estimate of drug-likeness (QED) is 0.732. The van der Waals surface area contributed by atoms with Crippen LogP contribution in [0.1, 0.15) is 13.3 Å². The van der Waals surface area contributed by atoms with Crippen molar-refractivity contribution in [3.05, 3.63) is 28.7 Å². The van der Waals surface area contributed by atoms with E-state index in [1.165, 1.54) is 0 Å². The zero-order valence-corrected chi connectivity index (χ0v) is 7.50. The fourth-order valence-corrected chi connectivity index (χ4v) is 0.968. The molecular formula is C9H14N2O. The fourth-order valence-electron chi connectivity index (χ4n) is 0.968. The second-order valence-electron chi connectivity index (χ2n) is 2.79. The highest BCUT2D eigenvalue weighted by molar-refractivity contribution is 5.39. The maximum Gasteiger partial charge on any atom is 0.250 e. The molecule has 1 rings (SSSR count). The van der Waals surface area contributed by atoms with Crippen molar-refractivity contribution >= 4 is 5.69 Å². The van der Waals surface area contributed by atoms with Gasteiger partial charge in [0, 0.05) is 25.9 Å². The molecule has 0 radical (unpaired) electrons. The first-order valence-electron chi connectivity index (χ1n) is 4.14. The third-order valence-corrected chi connectivity index (χ3v) is 1.66. The van der Waals surface area contributed by atoms with Gasteiger partial charge < -0.3 is 9.88 Å². The van der Waals surface area contributed by atoms with Gasteiger partial charge in [0.1, 0.15) is 0 Å². The predicted octanol–water partition coefficient (Wildman–Crippen LogP) is 1.21. The van der Waals surface area contributed by atoms with E-state index in [0.717, 1.165) is 18.7 Å². The van der Waals surface area contributed by atoms with E-state index in [1.807, 2.05) is 0 Å². The Bertz CT molecular complexity index is 304. The van der Waals surface area contributed by atoms with Gasteiger partial charge in [-0.3, -0.25) is 4.79 Å². The van der Waals surface area contributed by atoms with Crippen LogP contribution in [0.5, 0.6) is 0 Å². The van der Waals surface area contributed by atoms with E-state index < -0.39 is 0 Å². The summed E-state index contributed by atoms with van der Waals surface area (Å²) in [5.74, 6) is 0. The minimum atomic E-state index is 0.0250. The van der Waals surface area contributed by atoms with Crippen molar-refractivity contribution < 1.29 is 0 Å². The molecule has 0 fully saturated rings. The Kier molecular flexibility index (Phi) is 2.91. The molecule has 0 aliphatic carbocycles. The average Bonchev–Trinajstić information content (AvgIpc) is 2.07. The van der Waals surface area contributed by atoms with E-state index in [9.17, 15) is 4.79 Å². The van der Waals surface area contributed by atoms with Gasteiger partial charge >= 0.3 is 0 Å². The van der Waals surface area contributed by atoms with E-state index in [0.29, 0.717) is 0 Å². The minimum absolute atomic E-state index is 0.0250. The van der Waals surface area contributed by atoms with Gasteiger partial charge in [0.05, 0.1) is 5.69 Å². The molecule has 0 atom stereocenters. The van der Waals surface area contributed by atoms with Gasteiger partial charge in [0.2, 0.25) is 5.56 Å². The van der Waals surface area contributed by atoms with E-state index in [1.54, 1.807) is 29.9 Å². The second kappa shape index (κ2) is 3.95. The zero-order chi connectivity index (χ0) is 8.97. The van der Waals surface area contributed by atoms with Crippen LogP contribution in [0.25, 0.3) is 0 Å². The Morgan fingerprint density at radius 2 is 2.25 bits per heavy atom. The third kappa shape index (κ3) is 2.12. The lowest BCUT2D eigenvalue weighted by Crippen LogP contribution is -2.15. The molecule has 1 N–H and O–H groups in total. The molecule has 0 aliphatic heterocycles. The van der Waals surface area contributed by atoms with Crippen molar-refractivity contribution in [2.75, 3.05) is 11.9 Å². The third-order valence-electron chi connectivity index (χ3n) is 1.66. The Labute approximate surface area is 72.0 Å². The molecule has 12 heavy (non-hydrogen) atoms. The molecule has 1 heterocycles. The molecule has 1 aromatic heterocycles. The van der Waals surface area contributed by atoms with Crippen LogP contribution in [0.4, 0.5) is 5.69 Å². The van der Waals surface area contributed by atoms with Crippen LogP contribution >= 0.6 is 0 Å². The molecule has 0 bridgehead atoms. The summed E-state index contributed by atoms with van der Waals surface area (Å²) < 4.78 is 1.57. The van der Waals surface area contributed by atoms with Gasteiger partial charge in [0.25, 0.3) is 0 Å². The SMILES string of the molecule is CCCNc1ccc(=O)n(C)c1. The molecular weight excluding hydrogens is 152 g/mol. The standard InChI is InChI=1S/C9H14N2O/c1-3-6-10-8-4-5-9(12)11(2)7-8/h4-5,7,10H,3,6H2,1-2H3. The summed E-state index contributed by atoms with van der Waals surface area (Å²) in [6.45, 7) is 3.05. The topological polar surface area (TPSA) is 34.0 Å².